The summed E-state index contributed by atoms with van der Waals surface area (Å²) in [6.45, 7) is 5.22. The van der Waals surface area contributed by atoms with Gasteiger partial charge >= 0.3 is 5.97 Å². The van der Waals surface area contributed by atoms with E-state index in [0.29, 0.717) is 6.54 Å². The number of nitrogens with one attached hydrogen (secondary N) is 1. The molecule has 0 aliphatic carbocycles. The second-order valence-corrected chi connectivity index (χ2v) is 4.12. The summed E-state index contributed by atoms with van der Waals surface area (Å²) in [4.78, 5) is 11.2. The molecule has 0 bridgehead atoms. The molecule has 1 N–H and O–H groups in total. The summed E-state index contributed by atoms with van der Waals surface area (Å²) in [6, 6.07) is 7.56. The third kappa shape index (κ3) is 4.75. The van der Waals surface area contributed by atoms with E-state index in [1.54, 1.807) is 6.92 Å². The molecule has 1 aromatic carbocycles. The van der Waals surface area contributed by atoms with Gasteiger partial charge in [-0.1, -0.05) is 19.1 Å². The molecule has 100 valence electrons. The van der Waals surface area contributed by atoms with E-state index in [1.807, 2.05) is 24.3 Å². The van der Waals surface area contributed by atoms with Crippen LogP contribution in [-0.4, -0.2) is 25.7 Å². The fourth-order valence-electron chi connectivity index (χ4n) is 1.45. The van der Waals surface area contributed by atoms with Crippen molar-refractivity contribution in [1.29, 1.82) is 0 Å². The van der Waals surface area contributed by atoms with E-state index in [1.165, 1.54) is 7.11 Å². The minimum Gasteiger partial charge on any atom is -0.494 e. The first-order valence-electron chi connectivity index (χ1n) is 6.20. The quantitative estimate of drug-likeness (QED) is 0.754. The molecule has 18 heavy (non-hydrogen) atoms. The summed E-state index contributed by atoms with van der Waals surface area (Å²) in [5.74, 6) is 0.625. The van der Waals surface area contributed by atoms with Crippen molar-refractivity contribution in [2.24, 2.45) is 0 Å². The Morgan fingerprint density at radius 3 is 2.56 bits per heavy atom. The monoisotopic (exact) mass is 251 g/mol. The van der Waals surface area contributed by atoms with Crippen molar-refractivity contribution in [3.05, 3.63) is 29.8 Å². The maximum atomic E-state index is 11.2. The average molecular weight is 251 g/mol. The van der Waals surface area contributed by atoms with Gasteiger partial charge in [-0.05, 0) is 31.0 Å². The number of rotatable bonds is 7. The standard InChI is InChI=1S/C14H21NO3/c1-4-9-18-13-7-5-12(6-8-13)10-15-11(2)14(16)17-3/h5-8,11,15H,4,9-10H2,1-3H3/t11-/m0/s1. The highest BCUT2D eigenvalue weighted by molar-refractivity contribution is 5.75. The van der Waals surface area contributed by atoms with Gasteiger partial charge in [-0.15, -0.1) is 0 Å². The summed E-state index contributed by atoms with van der Waals surface area (Å²) in [5.41, 5.74) is 1.11. The number of hydrogen-bond acceptors (Lipinski definition) is 4. The molecule has 0 aliphatic rings. The predicted octanol–water partition coefficient (Wildman–Crippen LogP) is 2.13. The highest BCUT2D eigenvalue weighted by Crippen LogP contribution is 2.12. The molecule has 0 amide bonds. The van der Waals surface area contributed by atoms with Crippen LogP contribution in [0.15, 0.2) is 24.3 Å². The second kappa shape index (κ2) is 7.71. The van der Waals surface area contributed by atoms with Crippen molar-refractivity contribution in [1.82, 2.24) is 5.32 Å². The molecule has 1 rings (SSSR count). The van der Waals surface area contributed by atoms with Crippen molar-refractivity contribution < 1.29 is 14.3 Å². The number of carbonyl (C=O) groups excluding carboxylic acids is 1. The first kappa shape index (κ1) is 14.5. The normalized spacial score (nSPS) is 11.9. The number of methoxy groups -OCH3 is 1. The SMILES string of the molecule is CCCOc1ccc(CN[C@@H](C)C(=O)OC)cc1. The Bertz CT molecular complexity index is 362. The van der Waals surface area contributed by atoms with Crippen molar-refractivity contribution in [2.75, 3.05) is 13.7 Å². The van der Waals surface area contributed by atoms with Gasteiger partial charge in [-0.3, -0.25) is 4.79 Å². The van der Waals surface area contributed by atoms with Gasteiger partial charge in [-0.2, -0.15) is 0 Å². The van der Waals surface area contributed by atoms with Gasteiger partial charge in [0.15, 0.2) is 0 Å². The maximum absolute atomic E-state index is 11.2. The van der Waals surface area contributed by atoms with Gasteiger partial charge in [0.1, 0.15) is 11.8 Å². The van der Waals surface area contributed by atoms with Gasteiger partial charge in [0.2, 0.25) is 0 Å². The van der Waals surface area contributed by atoms with Crippen LogP contribution < -0.4 is 10.1 Å². The van der Waals surface area contributed by atoms with Crippen molar-refractivity contribution >= 4 is 5.97 Å². The van der Waals surface area contributed by atoms with Crippen LogP contribution in [0.5, 0.6) is 5.75 Å². The van der Waals surface area contributed by atoms with Gasteiger partial charge in [0.05, 0.1) is 13.7 Å². The zero-order chi connectivity index (χ0) is 13.4. The van der Waals surface area contributed by atoms with Crippen LogP contribution in [0, 0.1) is 0 Å². The Hall–Kier alpha value is -1.55. The van der Waals surface area contributed by atoms with Crippen LogP contribution in [0.1, 0.15) is 25.8 Å². The Labute approximate surface area is 108 Å². The highest BCUT2D eigenvalue weighted by Gasteiger charge is 2.11. The van der Waals surface area contributed by atoms with Crippen LogP contribution in [0.3, 0.4) is 0 Å². The predicted molar refractivity (Wildman–Crippen MR) is 70.5 cm³/mol. The van der Waals surface area contributed by atoms with Crippen LogP contribution in [0.4, 0.5) is 0 Å². The van der Waals surface area contributed by atoms with Crippen LogP contribution in [-0.2, 0) is 16.1 Å². The largest absolute Gasteiger partial charge is 0.494 e. The third-order valence-corrected chi connectivity index (χ3v) is 2.56. The van der Waals surface area contributed by atoms with Gasteiger partial charge in [-0.25, -0.2) is 0 Å². The smallest absolute Gasteiger partial charge is 0.322 e. The lowest BCUT2D eigenvalue weighted by atomic mass is 10.2. The van der Waals surface area contributed by atoms with Crippen molar-refractivity contribution in [2.45, 2.75) is 32.9 Å². The van der Waals surface area contributed by atoms with Crippen molar-refractivity contribution in [3.8, 4) is 5.75 Å². The van der Waals surface area contributed by atoms with E-state index >= 15 is 0 Å². The lowest BCUT2D eigenvalue weighted by Gasteiger charge is -2.11. The molecule has 1 atom stereocenters. The van der Waals surface area contributed by atoms with Crippen molar-refractivity contribution in [3.63, 3.8) is 0 Å². The van der Waals surface area contributed by atoms with E-state index in [4.69, 9.17) is 4.74 Å². The van der Waals surface area contributed by atoms with Crippen LogP contribution in [0.25, 0.3) is 0 Å². The first-order chi connectivity index (χ1) is 8.67. The Balaban J connectivity index is 2.41. The van der Waals surface area contributed by atoms with Crippen LogP contribution >= 0.6 is 0 Å². The average Bonchev–Trinajstić information content (AvgIpc) is 2.42. The topological polar surface area (TPSA) is 47.6 Å². The molecule has 0 unspecified atom stereocenters. The zero-order valence-electron chi connectivity index (χ0n) is 11.2. The number of benzene rings is 1. The minimum atomic E-state index is -0.300. The molecular formula is C14H21NO3. The minimum absolute atomic E-state index is 0.252. The summed E-state index contributed by atoms with van der Waals surface area (Å²) in [5, 5.41) is 3.10. The number of carbonyl (C=O) groups is 1. The van der Waals surface area contributed by atoms with Gasteiger partial charge in [0.25, 0.3) is 0 Å². The summed E-state index contributed by atoms with van der Waals surface area (Å²) < 4.78 is 10.1. The zero-order valence-corrected chi connectivity index (χ0v) is 11.2. The highest BCUT2D eigenvalue weighted by atomic mass is 16.5. The molecule has 4 heteroatoms. The Morgan fingerprint density at radius 1 is 1.33 bits per heavy atom. The van der Waals surface area contributed by atoms with E-state index in [-0.39, 0.29) is 12.0 Å². The summed E-state index contributed by atoms with van der Waals surface area (Å²) in [7, 11) is 1.39. The van der Waals surface area contributed by atoms with E-state index in [2.05, 4.69) is 17.0 Å². The molecule has 0 fully saturated rings. The molecule has 0 heterocycles. The lowest BCUT2D eigenvalue weighted by molar-refractivity contribution is -0.142. The lowest BCUT2D eigenvalue weighted by Crippen LogP contribution is -2.34. The third-order valence-electron chi connectivity index (χ3n) is 2.56. The van der Waals surface area contributed by atoms with Gasteiger partial charge < -0.3 is 14.8 Å². The molecule has 0 saturated heterocycles. The fraction of sp³-hybridized carbons (Fsp3) is 0.500. The van der Waals surface area contributed by atoms with E-state index < -0.39 is 0 Å². The molecule has 0 aromatic heterocycles. The molecule has 4 nitrogen and oxygen atoms in total. The van der Waals surface area contributed by atoms with Crippen LogP contribution in [0.2, 0.25) is 0 Å². The van der Waals surface area contributed by atoms with Gasteiger partial charge in [0, 0.05) is 6.54 Å². The summed E-state index contributed by atoms with van der Waals surface area (Å²) >= 11 is 0. The summed E-state index contributed by atoms with van der Waals surface area (Å²) in [6.07, 6.45) is 1.000. The van der Waals surface area contributed by atoms with E-state index in [0.717, 1.165) is 24.3 Å². The molecular weight excluding hydrogens is 230 g/mol. The molecule has 0 saturated carbocycles. The molecule has 0 radical (unpaired) electrons. The van der Waals surface area contributed by atoms with E-state index in [9.17, 15) is 4.79 Å². The number of hydrogen-bond donors (Lipinski definition) is 1. The Kier molecular flexibility index (Phi) is 6.22. The maximum Gasteiger partial charge on any atom is 0.322 e. The fourth-order valence-corrected chi connectivity index (χ4v) is 1.45. The first-order valence-corrected chi connectivity index (χ1v) is 6.20. The number of esters is 1. The number of ether oxygens (including phenoxy) is 2. The Morgan fingerprint density at radius 2 is 2.00 bits per heavy atom. The molecule has 0 aliphatic heterocycles. The molecule has 0 spiro atoms. The molecule has 1 aromatic rings. The second-order valence-electron chi connectivity index (χ2n) is 4.12.